The molecule has 1 aliphatic carbocycles. The van der Waals surface area contributed by atoms with Crippen LogP contribution in [0.2, 0.25) is 0 Å². The van der Waals surface area contributed by atoms with E-state index in [0.29, 0.717) is 5.75 Å². The van der Waals surface area contributed by atoms with Gasteiger partial charge in [0.05, 0.1) is 6.10 Å². The second-order valence-electron chi connectivity index (χ2n) is 5.53. The molecule has 0 saturated heterocycles. The molecule has 0 aromatic carbocycles. The third-order valence-electron chi connectivity index (χ3n) is 2.31. The van der Waals surface area contributed by atoms with Crippen molar-refractivity contribution in [2.24, 2.45) is 5.14 Å². The Labute approximate surface area is 113 Å². The summed E-state index contributed by atoms with van der Waals surface area (Å²) in [6.07, 6.45) is 2.15. The highest BCUT2D eigenvalue weighted by atomic mass is 32.2. The van der Waals surface area contributed by atoms with Gasteiger partial charge in [-0.1, -0.05) is 0 Å². The average Bonchev–Trinajstić information content (AvgIpc) is 3.00. The van der Waals surface area contributed by atoms with Crippen LogP contribution < -0.4 is 14.6 Å². The summed E-state index contributed by atoms with van der Waals surface area (Å²) in [6, 6.07) is 2.86. The van der Waals surface area contributed by atoms with E-state index in [1.807, 2.05) is 20.8 Å². The molecule has 0 aliphatic heterocycles. The number of aromatic nitrogens is 1. The number of rotatable bonds is 4. The van der Waals surface area contributed by atoms with Crippen molar-refractivity contribution in [2.45, 2.75) is 50.3 Å². The van der Waals surface area contributed by atoms with Crippen LogP contribution >= 0.6 is 0 Å². The highest BCUT2D eigenvalue weighted by Gasteiger charge is 2.27. The van der Waals surface area contributed by atoms with Crippen molar-refractivity contribution in [3.05, 3.63) is 12.1 Å². The SMILES string of the molecule is CC(C)(C)Oc1nc(S(N)(=O)=O)ccc1OC1CC1. The standard InChI is InChI=1S/C12H18N2O4S/c1-12(2,3)18-11-9(17-8-4-5-8)6-7-10(14-11)19(13,15)16/h6-8H,4-5H2,1-3H3,(H2,13,15,16). The van der Waals surface area contributed by atoms with Crippen molar-refractivity contribution >= 4 is 10.0 Å². The molecule has 0 radical (unpaired) electrons. The van der Waals surface area contributed by atoms with E-state index in [1.165, 1.54) is 12.1 Å². The summed E-state index contributed by atoms with van der Waals surface area (Å²) in [7, 11) is -3.86. The van der Waals surface area contributed by atoms with Crippen molar-refractivity contribution in [1.82, 2.24) is 4.98 Å². The molecule has 0 amide bonds. The van der Waals surface area contributed by atoms with Gasteiger partial charge in [0.25, 0.3) is 15.9 Å². The largest absolute Gasteiger partial charge is 0.485 e. The number of nitrogens with zero attached hydrogens (tertiary/aromatic N) is 1. The molecule has 0 bridgehead atoms. The van der Waals surface area contributed by atoms with Gasteiger partial charge < -0.3 is 9.47 Å². The zero-order valence-electron chi connectivity index (χ0n) is 11.2. The summed E-state index contributed by atoms with van der Waals surface area (Å²) in [5, 5.41) is 4.84. The quantitative estimate of drug-likeness (QED) is 0.904. The van der Waals surface area contributed by atoms with Crippen LogP contribution in [-0.4, -0.2) is 25.1 Å². The Morgan fingerprint density at radius 1 is 1.32 bits per heavy atom. The van der Waals surface area contributed by atoms with Crippen LogP contribution in [0, 0.1) is 0 Å². The second kappa shape index (κ2) is 4.64. The van der Waals surface area contributed by atoms with Gasteiger partial charge >= 0.3 is 0 Å². The van der Waals surface area contributed by atoms with Crippen molar-refractivity contribution in [2.75, 3.05) is 0 Å². The molecule has 2 rings (SSSR count). The van der Waals surface area contributed by atoms with Gasteiger partial charge in [-0.15, -0.1) is 0 Å². The summed E-state index contributed by atoms with van der Waals surface area (Å²) in [5.41, 5.74) is -0.508. The Morgan fingerprint density at radius 2 is 1.95 bits per heavy atom. The highest BCUT2D eigenvalue weighted by molar-refractivity contribution is 7.89. The van der Waals surface area contributed by atoms with E-state index in [0.717, 1.165) is 12.8 Å². The lowest BCUT2D eigenvalue weighted by molar-refractivity contribution is 0.114. The first-order valence-corrected chi connectivity index (χ1v) is 7.59. The van der Waals surface area contributed by atoms with E-state index in [9.17, 15) is 8.42 Å². The summed E-state index contributed by atoms with van der Waals surface area (Å²) in [4.78, 5) is 3.95. The predicted octanol–water partition coefficient (Wildman–Crippen LogP) is 1.45. The van der Waals surface area contributed by atoms with E-state index in [2.05, 4.69) is 4.98 Å². The van der Waals surface area contributed by atoms with Crippen molar-refractivity contribution < 1.29 is 17.9 Å². The van der Waals surface area contributed by atoms with Gasteiger partial charge in [-0.05, 0) is 45.7 Å². The molecular weight excluding hydrogens is 268 g/mol. The molecule has 6 nitrogen and oxygen atoms in total. The van der Waals surface area contributed by atoms with Gasteiger partial charge in [-0.2, -0.15) is 4.98 Å². The van der Waals surface area contributed by atoms with Crippen LogP contribution in [0.1, 0.15) is 33.6 Å². The fourth-order valence-electron chi connectivity index (χ4n) is 1.39. The topological polar surface area (TPSA) is 91.5 Å². The number of pyridine rings is 1. The Hall–Kier alpha value is -1.34. The van der Waals surface area contributed by atoms with Gasteiger partial charge in [0, 0.05) is 0 Å². The van der Waals surface area contributed by atoms with Crippen LogP contribution in [0.5, 0.6) is 11.6 Å². The van der Waals surface area contributed by atoms with Crippen molar-refractivity contribution in [1.29, 1.82) is 0 Å². The lowest BCUT2D eigenvalue weighted by Gasteiger charge is -2.22. The second-order valence-corrected chi connectivity index (χ2v) is 7.04. The van der Waals surface area contributed by atoms with Gasteiger partial charge in [-0.25, -0.2) is 13.6 Å². The molecule has 1 aromatic rings. The fourth-order valence-corrected chi connectivity index (χ4v) is 1.86. The molecular formula is C12H18N2O4S. The minimum absolute atomic E-state index is 0.158. The van der Waals surface area contributed by atoms with Gasteiger partial charge in [0.2, 0.25) is 0 Å². The maximum absolute atomic E-state index is 11.3. The summed E-state index contributed by atoms with van der Waals surface area (Å²) >= 11 is 0. The van der Waals surface area contributed by atoms with E-state index in [-0.39, 0.29) is 17.0 Å². The molecule has 1 saturated carbocycles. The molecule has 1 aliphatic rings. The van der Waals surface area contributed by atoms with Crippen LogP contribution in [0.25, 0.3) is 0 Å². The number of hydrogen-bond acceptors (Lipinski definition) is 5. The monoisotopic (exact) mass is 286 g/mol. The minimum Gasteiger partial charge on any atom is -0.485 e. The van der Waals surface area contributed by atoms with Gasteiger partial charge in [0.15, 0.2) is 10.8 Å². The summed E-state index contributed by atoms with van der Waals surface area (Å²) < 4.78 is 33.9. The smallest absolute Gasteiger partial charge is 0.258 e. The van der Waals surface area contributed by atoms with Gasteiger partial charge in [0.1, 0.15) is 5.60 Å². The number of sulfonamides is 1. The maximum atomic E-state index is 11.3. The summed E-state index contributed by atoms with van der Waals surface area (Å²) in [5.74, 6) is 0.607. The molecule has 0 spiro atoms. The normalized spacial score (nSPS) is 16.2. The first-order valence-electron chi connectivity index (χ1n) is 6.05. The molecule has 2 N–H and O–H groups in total. The lowest BCUT2D eigenvalue weighted by atomic mass is 10.2. The molecule has 106 valence electrons. The van der Waals surface area contributed by atoms with Crippen LogP contribution in [0.3, 0.4) is 0 Å². The Morgan fingerprint density at radius 3 is 2.42 bits per heavy atom. The summed E-state index contributed by atoms with van der Waals surface area (Å²) in [6.45, 7) is 5.54. The number of hydrogen-bond donors (Lipinski definition) is 1. The van der Waals surface area contributed by atoms with Crippen LogP contribution in [0.4, 0.5) is 0 Å². The van der Waals surface area contributed by atoms with Crippen LogP contribution in [0.15, 0.2) is 17.2 Å². The fraction of sp³-hybridized carbons (Fsp3) is 0.583. The van der Waals surface area contributed by atoms with E-state index in [4.69, 9.17) is 14.6 Å². The zero-order valence-corrected chi connectivity index (χ0v) is 12.0. The molecule has 1 heterocycles. The zero-order chi connectivity index (χ0) is 14.3. The number of primary sulfonamides is 1. The van der Waals surface area contributed by atoms with Crippen LogP contribution in [-0.2, 0) is 10.0 Å². The molecule has 1 fully saturated rings. The minimum atomic E-state index is -3.86. The molecule has 0 atom stereocenters. The van der Waals surface area contributed by atoms with E-state index in [1.54, 1.807) is 0 Å². The highest BCUT2D eigenvalue weighted by Crippen LogP contribution is 2.34. The first-order chi connectivity index (χ1) is 8.65. The van der Waals surface area contributed by atoms with E-state index < -0.39 is 15.6 Å². The molecule has 0 unspecified atom stereocenters. The predicted molar refractivity (Wildman–Crippen MR) is 69.6 cm³/mol. The van der Waals surface area contributed by atoms with E-state index >= 15 is 0 Å². The van der Waals surface area contributed by atoms with Gasteiger partial charge in [-0.3, -0.25) is 0 Å². The Bertz CT molecular complexity index is 574. The molecule has 19 heavy (non-hydrogen) atoms. The Balaban J connectivity index is 2.37. The number of nitrogens with two attached hydrogens (primary N) is 1. The third-order valence-corrected chi connectivity index (χ3v) is 3.12. The molecule has 7 heteroatoms. The first kappa shape index (κ1) is 14.1. The lowest BCUT2D eigenvalue weighted by Crippen LogP contribution is -2.25. The molecule has 1 aromatic heterocycles. The third kappa shape index (κ3) is 4.07. The van der Waals surface area contributed by atoms with Crippen molar-refractivity contribution in [3.8, 4) is 11.6 Å². The number of ether oxygens (including phenoxy) is 2. The van der Waals surface area contributed by atoms with Crippen molar-refractivity contribution in [3.63, 3.8) is 0 Å². The average molecular weight is 286 g/mol. The maximum Gasteiger partial charge on any atom is 0.258 e. The Kier molecular flexibility index (Phi) is 3.44.